The van der Waals surface area contributed by atoms with E-state index in [0.717, 1.165) is 35.0 Å². The molecule has 1 aromatic heterocycles. The molecule has 10 nitrogen and oxygen atoms in total. The summed E-state index contributed by atoms with van der Waals surface area (Å²) in [6.07, 6.45) is 0.947. The number of ether oxygens (including phenoxy) is 2. The molecule has 170 valence electrons. The fourth-order valence-electron chi connectivity index (χ4n) is 2.79. The van der Waals surface area contributed by atoms with Crippen molar-refractivity contribution in [2.45, 2.75) is 24.7 Å². The molecule has 1 N–H and O–H groups in total. The molecule has 0 spiro atoms. The molecular formula is C20H23ClN6O4S. The van der Waals surface area contributed by atoms with Gasteiger partial charge in [0, 0.05) is 42.6 Å². The van der Waals surface area contributed by atoms with Crippen LogP contribution in [0.25, 0.3) is 0 Å². The average molecular weight is 479 g/mol. The van der Waals surface area contributed by atoms with Crippen LogP contribution in [-0.2, 0) is 20.2 Å². The first-order chi connectivity index (χ1) is 15.5. The first kappa shape index (κ1) is 23.8. The van der Waals surface area contributed by atoms with Gasteiger partial charge >= 0.3 is 0 Å². The number of halogens is 1. The van der Waals surface area contributed by atoms with Gasteiger partial charge in [-0.25, -0.2) is 4.68 Å². The molecule has 3 rings (SSSR count). The van der Waals surface area contributed by atoms with E-state index in [1.807, 2.05) is 13.1 Å². The molecule has 2 aromatic carbocycles. The van der Waals surface area contributed by atoms with E-state index in [-0.39, 0.29) is 12.3 Å². The second-order valence-electron chi connectivity index (χ2n) is 6.77. The number of aromatic nitrogens is 4. The first-order valence-corrected chi connectivity index (χ1v) is 11.1. The lowest BCUT2D eigenvalue weighted by Crippen LogP contribution is -2.16. The number of nitro benzene ring substituents is 1. The van der Waals surface area contributed by atoms with Crippen molar-refractivity contribution in [3.8, 4) is 11.5 Å². The van der Waals surface area contributed by atoms with E-state index >= 15 is 0 Å². The van der Waals surface area contributed by atoms with Crippen molar-refractivity contribution in [1.82, 2.24) is 25.5 Å². The summed E-state index contributed by atoms with van der Waals surface area (Å²) in [5.74, 6) is 1.97. The highest BCUT2D eigenvalue weighted by Crippen LogP contribution is 2.34. The number of benzene rings is 2. The number of hydrogen-bond donors (Lipinski definition) is 1. The molecule has 0 aliphatic carbocycles. The van der Waals surface area contributed by atoms with Crippen LogP contribution in [0.1, 0.15) is 17.5 Å². The summed E-state index contributed by atoms with van der Waals surface area (Å²) in [6, 6.07) is 9.77. The molecule has 0 atom stereocenters. The molecule has 0 unspecified atom stereocenters. The Hall–Kier alpha value is -2.89. The number of non-ortho nitro benzene ring substituents is 1. The molecule has 0 fully saturated rings. The molecule has 12 heteroatoms. The predicted octanol–water partition coefficient (Wildman–Crippen LogP) is 3.63. The number of thioether (sulfide) groups is 1. The normalized spacial score (nSPS) is 10.8. The molecular weight excluding hydrogens is 456 g/mol. The molecule has 32 heavy (non-hydrogen) atoms. The van der Waals surface area contributed by atoms with Gasteiger partial charge in [-0.15, -0.1) is 5.10 Å². The first-order valence-electron chi connectivity index (χ1n) is 9.76. The number of methoxy groups -OCH3 is 1. The number of nitrogens with one attached hydrogen (secondary N) is 1. The fraction of sp³-hybridized carbons (Fsp3) is 0.350. The molecule has 3 aromatic rings. The van der Waals surface area contributed by atoms with Crippen LogP contribution in [0.4, 0.5) is 5.69 Å². The Bertz CT molecular complexity index is 1050. The largest absolute Gasteiger partial charge is 0.493 e. The number of nitro groups is 1. The predicted molar refractivity (Wildman–Crippen MR) is 121 cm³/mol. The highest BCUT2D eigenvalue weighted by molar-refractivity contribution is 7.99. The average Bonchev–Trinajstić information content (AvgIpc) is 3.20. The zero-order chi connectivity index (χ0) is 22.9. The SMILES string of the molecule is COc1cc(CNCCCSc2nnnn2C)c(Cl)cc1OCc1ccc([N+](=O)[O-])cc1. The molecule has 0 saturated heterocycles. The third kappa shape index (κ3) is 6.55. The van der Waals surface area contributed by atoms with E-state index in [2.05, 4.69) is 20.8 Å². The monoisotopic (exact) mass is 478 g/mol. The summed E-state index contributed by atoms with van der Waals surface area (Å²) in [4.78, 5) is 10.3. The lowest BCUT2D eigenvalue weighted by atomic mass is 10.2. The number of tetrazole rings is 1. The Morgan fingerprint density at radius 2 is 2.03 bits per heavy atom. The third-order valence-electron chi connectivity index (χ3n) is 4.50. The smallest absolute Gasteiger partial charge is 0.269 e. The van der Waals surface area contributed by atoms with Crippen LogP contribution in [-0.4, -0.2) is 44.5 Å². The Kier molecular flexibility index (Phi) is 8.65. The minimum Gasteiger partial charge on any atom is -0.493 e. The van der Waals surface area contributed by atoms with Crippen LogP contribution in [0.15, 0.2) is 41.6 Å². The zero-order valence-electron chi connectivity index (χ0n) is 17.7. The van der Waals surface area contributed by atoms with Crippen LogP contribution < -0.4 is 14.8 Å². The van der Waals surface area contributed by atoms with Gasteiger partial charge in [0.2, 0.25) is 5.16 Å². The topological polar surface area (TPSA) is 117 Å². The van der Waals surface area contributed by atoms with Crippen molar-refractivity contribution in [2.75, 3.05) is 19.4 Å². The van der Waals surface area contributed by atoms with E-state index in [1.165, 1.54) is 12.1 Å². The summed E-state index contributed by atoms with van der Waals surface area (Å²) in [5, 5.41) is 26.9. The van der Waals surface area contributed by atoms with Crippen molar-refractivity contribution in [1.29, 1.82) is 0 Å². The van der Waals surface area contributed by atoms with Gasteiger partial charge in [-0.05, 0) is 52.7 Å². The quantitative estimate of drug-likeness (QED) is 0.180. The minimum atomic E-state index is -0.436. The van der Waals surface area contributed by atoms with Gasteiger partial charge in [-0.2, -0.15) is 0 Å². The standard InChI is InChI=1S/C20H23ClN6O4S/c1-26-20(23-24-25-26)32-9-3-8-22-12-15-10-18(30-2)19(11-17(15)21)31-13-14-4-6-16(7-5-14)27(28)29/h4-7,10-11,22H,3,8-9,12-13H2,1-2H3. The van der Waals surface area contributed by atoms with Crippen LogP contribution >= 0.6 is 23.4 Å². The molecule has 0 amide bonds. The van der Waals surface area contributed by atoms with E-state index < -0.39 is 4.92 Å². The number of nitrogens with zero attached hydrogens (tertiary/aromatic N) is 5. The Balaban J connectivity index is 1.49. The van der Waals surface area contributed by atoms with E-state index in [9.17, 15) is 10.1 Å². The van der Waals surface area contributed by atoms with Crippen molar-refractivity contribution >= 4 is 29.1 Å². The Morgan fingerprint density at radius 1 is 1.25 bits per heavy atom. The van der Waals surface area contributed by atoms with Crippen molar-refractivity contribution in [2.24, 2.45) is 7.05 Å². The maximum Gasteiger partial charge on any atom is 0.269 e. The van der Waals surface area contributed by atoms with Crippen LogP contribution in [0.5, 0.6) is 11.5 Å². The van der Waals surface area contributed by atoms with Crippen molar-refractivity contribution < 1.29 is 14.4 Å². The highest BCUT2D eigenvalue weighted by atomic mass is 35.5. The summed E-state index contributed by atoms with van der Waals surface area (Å²) < 4.78 is 12.9. The maximum absolute atomic E-state index is 10.8. The summed E-state index contributed by atoms with van der Waals surface area (Å²) in [6.45, 7) is 1.64. The van der Waals surface area contributed by atoms with Gasteiger partial charge in [-0.3, -0.25) is 10.1 Å². The molecule has 0 radical (unpaired) electrons. The minimum absolute atomic E-state index is 0.0375. The second-order valence-corrected chi connectivity index (χ2v) is 8.24. The fourth-order valence-corrected chi connectivity index (χ4v) is 3.80. The van der Waals surface area contributed by atoms with E-state index in [0.29, 0.717) is 23.1 Å². The zero-order valence-corrected chi connectivity index (χ0v) is 19.2. The highest BCUT2D eigenvalue weighted by Gasteiger charge is 2.12. The van der Waals surface area contributed by atoms with Crippen molar-refractivity contribution in [3.05, 3.63) is 62.7 Å². The van der Waals surface area contributed by atoms with E-state index in [1.54, 1.807) is 41.8 Å². The summed E-state index contributed by atoms with van der Waals surface area (Å²) in [7, 11) is 3.38. The number of rotatable bonds is 12. The number of hydrogen-bond acceptors (Lipinski definition) is 9. The van der Waals surface area contributed by atoms with Crippen LogP contribution in [0.2, 0.25) is 5.02 Å². The lowest BCUT2D eigenvalue weighted by Gasteiger charge is -2.14. The summed E-state index contributed by atoms with van der Waals surface area (Å²) in [5.41, 5.74) is 1.74. The third-order valence-corrected chi connectivity index (χ3v) is 5.95. The van der Waals surface area contributed by atoms with Gasteiger partial charge in [0.05, 0.1) is 12.0 Å². The molecule has 0 saturated carbocycles. The molecule has 0 bridgehead atoms. The van der Waals surface area contributed by atoms with Crippen molar-refractivity contribution in [3.63, 3.8) is 0 Å². The Labute approximate surface area is 194 Å². The number of aryl methyl sites for hydroxylation is 1. The maximum atomic E-state index is 10.8. The molecule has 0 aliphatic rings. The molecule has 1 heterocycles. The van der Waals surface area contributed by atoms with Crippen LogP contribution in [0.3, 0.4) is 0 Å². The van der Waals surface area contributed by atoms with Gasteiger partial charge in [0.15, 0.2) is 11.5 Å². The summed E-state index contributed by atoms with van der Waals surface area (Å²) >= 11 is 8.05. The Morgan fingerprint density at radius 3 is 2.69 bits per heavy atom. The van der Waals surface area contributed by atoms with Gasteiger partial charge in [0.1, 0.15) is 6.61 Å². The van der Waals surface area contributed by atoms with Gasteiger partial charge in [-0.1, -0.05) is 23.4 Å². The second kappa shape index (κ2) is 11.7. The molecule has 0 aliphatic heterocycles. The van der Waals surface area contributed by atoms with Gasteiger partial charge in [0.25, 0.3) is 5.69 Å². The van der Waals surface area contributed by atoms with Crippen LogP contribution in [0, 0.1) is 10.1 Å². The van der Waals surface area contributed by atoms with Gasteiger partial charge < -0.3 is 14.8 Å². The van der Waals surface area contributed by atoms with E-state index in [4.69, 9.17) is 21.1 Å². The lowest BCUT2D eigenvalue weighted by molar-refractivity contribution is -0.384.